The van der Waals surface area contributed by atoms with E-state index in [2.05, 4.69) is 13.8 Å². The summed E-state index contributed by atoms with van der Waals surface area (Å²) in [7, 11) is 0. The fraction of sp³-hybridized carbons (Fsp3) is 0.700. The zero-order chi connectivity index (χ0) is 17.1. The molecule has 0 saturated carbocycles. The topological polar surface area (TPSA) is 40.5 Å². The fourth-order valence-corrected chi connectivity index (χ4v) is 3.38. The molecular formula is C20H33ClO2. The predicted molar refractivity (Wildman–Crippen MR) is 99.7 cm³/mol. The van der Waals surface area contributed by atoms with Crippen LogP contribution in [0.5, 0.6) is 11.5 Å². The first-order valence-corrected chi connectivity index (χ1v) is 9.71. The summed E-state index contributed by atoms with van der Waals surface area (Å²) >= 11 is 6.34. The summed E-state index contributed by atoms with van der Waals surface area (Å²) in [5.41, 5.74) is 1.90. The summed E-state index contributed by atoms with van der Waals surface area (Å²) in [5.74, 6) is -0.0539. The third-order valence-electron chi connectivity index (χ3n) is 4.51. The van der Waals surface area contributed by atoms with E-state index in [0.29, 0.717) is 5.02 Å². The number of phenols is 2. The van der Waals surface area contributed by atoms with E-state index in [-0.39, 0.29) is 11.5 Å². The Balaban J connectivity index is 2.67. The number of phenolic OH excluding ortho intramolecular Hbond substituents is 2. The Morgan fingerprint density at radius 2 is 1.22 bits per heavy atom. The molecule has 0 aliphatic heterocycles. The highest BCUT2D eigenvalue weighted by Gasteiger charge is 2.16. The molecule has 0 fully saturated rings. The van der Waals surface area contributed by atoms with Gasteiger partial charge in [-0.25, -0.2) is 0 Å². The van der Waals surface area contributed by atoms with Gasteiger partial charge in [0.2, 0.25) is 0 Å². The van der Waals surface area contributed by atoms with Gasteiger partial charge in [-0.3, -0.25) is 0 Å². The van der Waals surface area contributed by atoms with Crippen LogP contribution in [-0.2, 0) is 12.8 Å². The van der Waals surface area contributed by atoms with Crippen LogP contribution in [0, 0.1) is 0 Å². The number of hydrogen-bond donors (Lipinski definition) is 2. The molecule has 23 heavy (non-hydrogen) atoms. The van der Waals surface area contributed by atoms with Crippen LogP contribution in [0.4, 0.5) is 0 Å². The molecule has 0 spiro atoms. The highest BCUT2D eigenvalue weighted by atomic mass is 35.5. The minimum Gasteiger partial charge on any atom is -0.504 e. The van der Waals surface area contributed by atoms with Crippen molar-refractivity contribution in [1.29, 1.82) is 0 Å². The van der Waals surface area contributed by atoms with Gasteiger partial charge in [0.1, 0.15) is 0 Å². The summed E-state index contributed by atoms with van der Waals surface area (Å²) in [5, 5.41) is 20.7. The van der Waals surface area contributed by atoms with Crippen LogP contribution >= 0.6 is 11.6 Å². The van der Waals surface area contributed by atoms with Crippen molar-refractivity contribution in [2.24, 2.45) is 0 Å². The molecule has 0 unspecified atom stereocenters. The maximum Gasteiger partial charge on any atom is 0.161 e. The Morgan fingerprint density at radius 1 is 0.739 bits per heavy atom. The molecule has 3 heteroatoms. The molecule has 0 heterocycles. The van der Waals surface area contributed by atoms with Crippen LogP contribution in [0.25, 0.3) is 0 Å². The first-order valence-electron chi connectivity index (χ1n) is 9.33. The zero-order valence-electron chi connectivity index (χ0n) is 14.8. The second kappa shape index (κ2) is 11.6. The van der Waals surface area contributed by atoms with E-state index in [1.165, 1.54) is 51.0 Å². The Hall–Kier alpha value is -0.890. The monoisotopic (exact) mass is 340 g/mol. The molecular weight excluding hydrogens is 308 g/mol. The van der Waals surface area contributed by atoms with Gasteiger partial charge in [-0.05, 0) is 31.2 Å². The number of benzene rings is 1. The molecule has 1 aromatic carbocycles. The van der Waals surface area contributed by atoms with Crippen LogP contribution < -0.4 is 0 Å². The maximum atomic E-state index is 10.2. The van der Waals surface area contributed by atoms with E-state index in [1.807, 2.05) is 0 Å². The van der Waals surface area contributed by atoms with Crippen molar-refractivity contribution in [1.82, 2.24) is 0 Å². The van der Waals surface area contributed by atoms with Gasteiger partial charge >= 0.3 is 0 Å². The minimum atomic E-state index is -0.0895. The molecule has 0 atom stereocenters. The molecule has 0 bridgehead atoms. The van der Waals surface area contributed by atoms with Crippen molar-refractivity contribution < 1.29 is 10.2 Å². The van der Waals surface area contributed by atoms with Crippen molar-refractivity contribution in [2.45, 2.75) is 90.9 Å². The standard InChI is InChI=1S/C20H33ClO2/c1-3-5-7-9-11-13-16-17(14-12-10-8-6-4-2)20(23)19(22)15-18(16)21/h15,22-23H,3-14H2,1-2H3. The van der Waals surface area contributed by atoms with Crippen LogP contribution in [0.3, 0.4) is 0 Å². The smallest absolute Gasteiger partial charge is 0.161 e. The Bertz CT molecular complexity index is 457. The van der Waals surface area contributed by atoms with Crippen molar-refractivity contribution in [3.8, 4) is 11.5 Å². The molecule has 0 radical (unpaired) electrons. The number of hydrogen-bond acceptors (Lipinski definition) is 2. The summed E-state index contributed by atoms with van der Waals surface area (Å²) in [4.78, 5) is 0. The molecule has 1 aromatic rings. The van der Waals surface area contributed by atoms with Gasteiger partial charge in [0, 0.05) is 16.7 Å². The van der Waals surface area contributed by atoms with E-state index >= 15 is 0 Å². The average molecular weight is 341 g/mol. The minimum absolute atomic E-state index is 0.0356. The van der Waals surface area contributed by atoms with Gasteiger partial charge in [-0.1, -0.05) is 76.8 Å². The number of rotatable bonds is 12. The van der Waals surface area contributed by atoms with Crippen LogP contribution in [-0.4, -0.2) is 10.2 Å². The third-order valence-corrected chi connectivity index (χ3v) is 4.84. The number of aromatic hydroxyl groups is 2. The zero-order valence-corrected chi connectivity index (χ0v) is 15.6. The van der Waals surface area contributed by atoms with Gasteiger partial charge in [0.15, 0.2) is 11.5 Å². The lowest BCUT2D eigenvalue weighted by atomic mass is 9.95. The second-order valence-electron chi connectivity index (χ2n) is 6.51. The maximum absolute atomic E-state index is 10.2. The fourth-order valence-electron chi connectivity index (χ4n) is 3.07. The first kappa shape index (κ1) is 20.2. The molecule has 0 aliphatic rings. The molecule has 132 valence electrons. The van der Waals surface area contributed by atoms with E-state index in [9.17, 15) is 10.2 Å². The molecule has 0 aliphatic carbocycles. The van der Waals surface area contributed by atoms with Crippen LogP contribution in [0.1, 0.15) is 89.2 Å². The van der Waals surface area contributed by atoms with Crippen molar-refractivity contribution in [3.05, 3.63) is 22.2 Å². The summed E-state index contributed by atoms with van der Waals surface area (Å²) in [6.07, 6.45) is 13.7. The average Bonchev–Trinajstić information content (AvgIpc) is 2.53. The SMILES string of the molecule is CCCCCCCc1c(Cl)cc(O)c(O)c1CCCCCCC. The summed E-state index contributed by atoms with van der Waals surface area (Å²) in [6, 6.07) is 1.48. The lowest BCUT2D eigenvalue weighted by Gasteiger charge is -2.15. The number of unbranched alkanes of at least 4 members (excludes halogenated alkanes) is 8. The molecule has 2 nitrogen and oxygen atoms in total. The Morgan fingerprint density at radius 3 is 1.74 bits per heavy atom. The van der Waals surface area contributed by atoms with Crippen LogP contribution in [0.15, 0.2) is 6.07 Å². The van der Waals surface area contributed by atoms with E-state index in [0.717, 1.165) is 43.2 Å². The Labute approximate surface area is 146 Å². The lowest BCUT2D eigenvalue weighted by Crippen LogP contribution is -1.98. The first-order chi connectivity index (χ1) is 11.1. The normalized spacial score (nSPS) is 11.1. The van der Waals surface area contributed by atoms with Gasteiger partial charge in [-0.15, -0.1) is 0 Å². The van der Waals surface area contributed by atoms with Crippen molar-refractivity contribution in [3.63, 3.8) is 0 Å². The largest absolute Gasteiger partial charge is 0.504 e. The third kappa shape index (κ3) is 7.03. The van der Waals surface area contributed by atoms with Crippen LogP contribution in [0.2, 0.25) is 5.02 Å². The highest BCUT2D eigenvalue weighted by molar-refractivity contribution is 6.31. The molecule has 2 N–H and O–H groups in total. The Kier molecular flexibility index (Phi) is 10.2. The molecule has 0 aromatic heterocycles. The number of halogens is 1. The molecule has 0 amide bonds. The summed E-state index contributed by atoms with van der Waals surface area (Å²) in [6.45, 7) is 4.42. The van der Waals surface area contributed by atoms with E-state index in [4.69, 9.17) is 11.6 Å². The van der Waals surface area contributed by atoms with E-state index < -0.39 is 0 Å². The van der Waals surface area contributed by atoms with Crippen molar-refractivity contribution in [2.75, 3.05) is 0 Å². The van der Waals surface area contributed by atoms with Gasteiger partial charge in [0.05, 0.1) is 0 Å². The quantitative estimate of drug-likeness (QED) is 0.325. The lowest BCUT2D eigenvalue weighted by molar-refractivity contribution is 0.397. The van der Waals surface area contributed by atoms with Gasteiger partial charge in [-0.2, -0.15) is 0 Å². The van der Waals surface area contributed by atoms with Crippen molar-refractivity contribution >= 4 is 11.6 Å². The predicted octanol–water partition coefficient (Wildman–Crippen LogP) is 6.78. The highest BCUT2D eigenvalue weighted by Crippen LogP contribution is 2.38. The molecule has 1 rings (SSSR count). The summed E-state index contributed by atoms with van der Waals surface area (Å²) < 4.78 is 0. The molecule has 0 saturated heterocycles. The van der Waals surface area contributed by atoms with Gasteiger partial charge in [0.25, 0.3) is 0 Å². The van der Waals surface area contributed by atoms with E-state index in [1.54, 1.807) is 0 Å². The van der Waals surface area contributed by atoms with Gasteiger partial charge < -0.3 is 10.2 Å². The second-order valence-corrected chi connectivity index (χ2v) is 6.92.